The van der Waals surface area contributed by atoms with Gasteiger partial charge >= 0.3 is 6.09 Å². The average molecular weight is 368 g/mol. The van der Waals surface area contributed by atoms with Crippen LogP contribution in [0.25, 0.3) is 0 Å². The Bertz CT molecular complexity index is 884. The highest BCUT2D eigenvalue weighted by Gasteiger charge is 2.23. The van der Waals surface area contributed by atoms with Crippen molar-refractivity contribution < 1.29 is 9.53 Å². The van der Waals surface area contributed by atoms with Crippen molar-refractivity contribution in [3.05, 3.63) is 102 Å². The summed E-state index contributed by atoms with van der Waals surface area (Å²) in [7, 11) is 0. The first-order valence-electron chi connectivity index (χ1n) is 8.61. The van der Waals surface area contributed by atoms with Gasteiger partial charge in [-0.3, -0.25) is 4.98 Å². The van der Waals surface area contributed by atoms with Gasteiger partial charge in [0.25, 0.3) is 0 Å². The summed E-state index contributed by atoms with van der Waals surface area (Å²) < 4.78 is 5.00. The first kappa shape index (κ1) is 20.3. The zero-order valence-electron chi connectivity index (χ0n) is 15.3. The fourth-order valence-electron chi connectivity index (χ4n) is 2.34. The SMILES string of the molecule is C#C.C(#Cc1ccncc1)c1ccccc1.O=C1NC[C@H](c2ccccc2)O1. The lowest BCUT2D eigenvalue weighted by molar-refractivity contribution is 0.141. The summed E-state index contributed by atoms with van der Waals surface area (Å²) in [4.78, 5) is 14.6. The molecule has 0 spiro atoms. The van der Waals surface area contributed by atoms with Crippen molar-refractivity contribution in [2.45, 2.75) is 6.10 Å². The molecule has 0 aliphatic carbocycles. The van der Waals surface area contributed by atoms with Crippen LogP contribution in [0.3, 0.4) is 0 Å². The second kappa shape index (κ2) is 11.6. The Morgan fingerprint density at radius 2 is 1.39 bits per heavy atom. The summed E-state index contributed by atoms with van der Waals surface area (Å²) in [5, 5.41) is 2.61. The molecule has 0 bridgehead atoms. The molecule has 1 fully saturated rings. The van der Waals surface area contributed by atoms with Crippen LogP contribution < -0.4 is 5.32 Å². The second-order valence-electron chi connectivity index (χ2n) is 5.54. The van der Waals surface area contributed by atoms with E-state index in [9.17, 15) is 4.79 Å². The lowest BCUT2D eigenvalue weighted by Gasteiger charge is -2.06. The lowest BCUT2D eigenvalue weighted by Crippen LogP contribution is -2.12. The van der Waals surface area contributed by atoms with E-state index in [1.54, 1.807) is 12.4 Å². The van der Waals surface area contributed by atoms with Crippen LogP contribution in [0.1, 0.15) is 22.8 Å². The molecule has 4 heteroatoms. The smallest absolute Gasteiger partial charge is 0.407 e. The van der Waals surface area contributed by atoms with E-state index >= 15 is 0 Å². The minimum Gasteiger partial charge on any atom is -0.439 e. The third-order valence-corrected chi connectivity index (χ3v) is 3.66. The number of cyclic esters (lactones) is 1. The van der Waals surface area contributed by atoms with Gasteiger partial charge in [-0.05, 0) is 29.8 Å². The molecule has 1 aromatic heterocycles. The highest BCUT2D eigenvalue weighted by Crippen LogP contribution is 2.19. The van der Waals surface area contributed by atoms with Crippen LogP contribution in [-0.2, 0) is 4.74 Å². The quantitative estimate of drug-likeness (QED) is 0.655. The van der Waals surface area contributed by atoms with Crippen LogP contribution in [0.5, 0.6) is 0 Å². The monoisotopic (exact) mass is 368 g/mol. The van der Waals surface area contributed by atoms with E-state index < -0.39 is 0 Å². The third-order valence-electron chi connectivity index (χ3n) is 3.66. The summed E-state index contributed by atoms with van der Waals surface area (Å²) in [5.74, 6) is 6.15. The number of pyridine rings is 1. The topological polar surface area (TPSA) is 51.2 Å². The zero-order valence-corrected chi connectivity index (χ0v) is 15.3. The molecular weight excluding hydrogens is 348 g/mol. The Balaban J connectivity index is 0.000000186. The number of nitrogens with zero attached hydrogens (tertiary/aromatic N) is 1. The molecule has 28 heavy (non-hydrogen) atoms. The van der Waals surface area contributed by atoms with Crippen LogP contribution >= 0.6 is 0 Å². The van der Waals surface area contributed by atoms with Crippen molar-refractivity contribution in [1.82, 2.24) is 10.3 Å². The van der Waals surface area contributed by atoms with Crippen LogP contribution in [-0.4, -0.2) is 17.6 Å². The molecule has 0 radical (unpaired) electrons. The van der Waals surface area contributed by atoms with Gasteiger partial charge in [0, 0.05) is 23.5 Å². The maximum atomic E-state index is 10.7. The van der Waals surface area contributed by atoms with Gasteiger partial charge in [0.2, 0.25) is 0 Å². The summed E-state index contributed by atoms with van der Waals surface area (Å²) in [6.45, 7) is 0.572. The second-order valence-corrected chi connectivity index (χ2v) is 5.54. The highest BCUT2D eigenvalue weighted by molar-refractivity contribution is 5.69. The first-order valence-corrected chi connectivity index (χ1v) is 8.61. The number of carbonyl (C=O) groups excluding carboxylic acids is 1. The largest absolute Gasteiger partial charge is 0.439 e. The molecule has 2 aromatic carbocycles. The number of alkyl carbamates (subject to hydrolysis) is 1. The Kier molecular flexibility index (Phi) is 8.38. The molecule has 4 nitrogen and oxygen atoms in total. The van der Waals surface area contributed by atoms with Gasteiger partial charge in [-0.25, -0.2) is 4.79 Å². The standard InChI is InChI=1S/C13H9N.C9H9NO2.C2H2/c1-2-4-12(5-3-1)6-7-13-8-10-14-11-9-13;11-9-10-6-8(12-9)7-4-2-1-3-5-7;1-2/h1-5,8-11H;1-5,8H,6H2,(H,10,11);1-2H/t;8-;/m.1./s1. The number of aromatic nitrogens is 1. The number of carbonyl (C=O) groups is 1. The van der Waals surface area contributed by atoms with Crippen molar-refractivity contribution in [3.8, 4) is 24.7 Å². The summed E-state index contributed by atoms with van der Waals surface area (Å²) in [6.07, 6.45) is 11.0. The number of hydrogen-bond acceptors (Lipinski definition) is 3. The molecule has 1 saturated heterocycles. The molecule has 1 aliphatic heterocycles. The Morgan fingerprint density at radius 1 is 0.857 bits per heavy atom. The Labute approximate surface area is 165 Å². The zero-order chi connectivity index (χ0) is 20.0. The normalized spacial score (nSPS) is 13.8. The number of rotatable bonds is 1. The molecule has 1 N–H and O–H groups in total. The van der Waals surface area contributed by atoms with Crippen LogP contribution in [0.15, 0.2) is 85.2 Å². The Hall–Kier alpha value is -4.02. The Morgan fingerprint density at radius 3 is 1.93 bits per heavy atom. The van der Waals surface area contributed by atoms with E-state index in [1.165, 1.54) is 0 Å². The third kappa shape index (κ3) is 6.71. The highest BCUT2D eigenvalue weighted by atomic mass is 16.6. The van der Waals surface area contributed by atoms with E-state index in [2.05, 4.69) is 35.0 Å². The summed E-state index contributed by atoms with van der Waals surface area (Å²) in [6, 6.07) is 23.4. The summed E-state index contributed by atoms with van der Waals surface area (Å²) in [5.41, 5.74) is 3.06. The maximum absolute atomic E-state index is 10.7. The molecule has 1 aliphatic rings. The van der Waals surface area contributed by atoms with Crippen LogP contribution in [0.2, 0.25) is 0 Å². The van der Waals surface area contributed by atoms with E-state index in [-0.39, 0.29) is 12.2 Å². The molecular formula is C24H20N2O2. The molecule has 2 heterocycles. The van der Waals surface area contributed by atoms with Crippen LogP contribution in [0.4, 0.5) is 4.79 Å². The van der Waals surface area contributed by atoms with Gasteiger partial charge in [-0.2, -0.15) is 0 Å². The van der Waals surface area contributed by atoms with E-state index in [0.29, 0.717) is 6.54 Å². The number of hydrogen-bond donors (Lipinski definition) is 1. The van der Waals surface area contributed by atoms with Gasteiger partial charge in [0.15, 0.2) is 0 Å². The minimum absolute atomic E-state index is 0.112. The number of ether oxygens (including phenoxy) is 1. The molecule has 1 atom stereocenters. The maximum Gasteiger partial charge on any atom is 0.407 e. The number of amides is 1. The molecule has 3 aromatic rings. The van der Waals surface area contributed by atoms with Gasteiger partial charge < -0.3 is 10.1 Å². The molecule has 4 rings (SSSR count). The molecule has 0 unspecified atom stereocenters. The van der Waals surface area contributed by atoms with Gasteiger partial charge in [-0.15, -0.1) is 12.8 Å². The lowest BCUT2D eigenvalue weighted by atomic mass is 10.1. The van der Waals surface area contributed by atoms with Crippen LogP contribution in [0, 0.1) is 24.7 Å². The predicted molar refractivity (Wildman–Crippen MR) is 110 cm³/mol. The molecule has 138 valence electrons. The predicted octanol–water partition coefficient (Wildman–Crippen LogP) is 4.20. The van der Waals surface area contributed by atoms with Crippen molar-refractivity contribution in [1.29, 1.82) is 0 Å². The number of terminal acetylenes is 1. The van der Waals surface area contributed by atoms with Gasteiger partial charge in [0.05, 0.1) is 6.54 Å². The molecule has 1 amide bonds. The van der Waals surface area contributed by atoms with Gasteiger partial charge in [0.1, 0.15) is 6.10 Å². The van der Waals surface area contributed by atoms with Crippen molar-refractivity contribution in [2.75, 3.05) is 6.54 Å². The minimum atomic E-state index is -0.330. The summed E-state index contributed by atoms with van der Waals surface area (Å²) >= 11 is 0. The number of benzene rings is 2. The molecule has 0 saturated carbocycles. The fraction of sp³-hybridized carbons (Fsp3) is 0.0833. The van der Waals surface area contributed by atoms with Crippen molar-refractivity contribution in [3.63, 3.8) is 0 Å². The average Bonchev–Trinajstić information content (AvgIpc) is 3.23. The van der Waals surface area contributed by atoms with E-state index in [4.69, 9.17) is 4.74 Å². The van der Waals surface area contributed by atoms with Gasteiger partial charge in [-0.1, -0.05) is 60.4 Å². The van der Waals surface area contributed by atoms with E-state index in [1.807, 2.05) is 72.8 Å². The van der Waals surface area contributed by atoms with Crippen molar-refractivity contribution >= 4 is 6.09 Å². The van der Waals surface area contributed by atoms with E-state index in [0.717, 1.165) is 16.7 Å². The fourth-order valence-corrected chi connectivity index (χ4v) is 2.34. The number of nitrogens with one attached hydrogen (secondary N) is 1. The first-order chi connectivity index (χ1) is 13.8. The van der Waals surface area contributed by atoms with Crippen molar-refractivity contribution in [2.24, 2.45) is 0 Å².